The summed E-state index contributed by atoms with van der Waals surface area (Å²) in [6, 6.07) is 8.49. The first kappa shape index (κ1) is 12.2. The molecule has 1 aromatic carbocycles. The molecule has 1 aliphatic carbocycles. The number of hydrogen-bond donors (Lipinski definition) is 3. The van der Waals surface area contributed by atoms with E-state index in [4.69, 9.17) is 0 Å². The molecule has 4 nitrogen and oxygen atoms in total. The maximum atomic E-state index is 12.1. The third kappa shape index (κ3) is 2.96. The van der Waals surface area contributed by atoms with Crippen molar-refractivity contribution >= 4 is 16.8 Å². The lowest BCUT2D eigenvalue weighted by molar-refractivity contribution is 0.0955. The Bertz CT molecular complexity index is 572. The third-order valence-corrected chi connectivity index (χ3v) is 3.48. The number of carbonyl (C=O) groups is 1. The van der Waals surface area contributed by atoms with E-state index in [0.29, 0.717) is 0 Å². The molecule has 0 spiro atoms. The van der Waals surface area contributed by atoms with Gasteiger partial charge >= 0.3 is 0 Å². The van der Waals surface area contributed by atoms with Crippen LogP contribution in [-0.4, -0.2) is 30.0 Å². The van der Waals surface area contributed by atoms with Crippen LogP contribution in [0, 0.1) is 0 Å². The Hall–Kier alpha value is -1.81. The number of para-hydroxylation sites is 1. The van der Waals surface area contributed by atoms with E-state index in [1.165, 1.54) is 12.8 Å². The molecule has 1 amide bonds. The molecule has 0 aliphatic heterocycles. The molecular weight excluding hydrogens is 238 g/mol. The fourth-order valence-corrected chi connectivity index (χ4v) is 2.25. The summed E-state index contributed by atoms with van der Waals surface area (Å²) in [5.41, 5.74) is 1.63. The van der Waals surface area contributed by atoms with E-state index in [2.05, 4.69) is 15.6 Å². The van der Waals surface area contributed by atoms with Crippen molar-refractivity contribution in [2.45, 2.75) is 25.3 Å². The van der Waals surface area contributed by atoms with Crippen molar-refractivity contribution in [1.82, 2.24) is 15.6 Å². The van der Waals surface area contributed by atoms with Gasteiger partial charge in [-0.05, 0) is 37.9 Å². The molecule has 0 saturated heterocycles. The predicted octanol–water partition coefficient (Wildman–Crippen LogP) is 2.04. The third-order valence-electron chi connectivity index (χ3n) is 3.48. The number of rotatable bonds is 6. The number of aromatic nitrogens is 1. The Morgan fingerprint density at radius 3 is 3.00 bits per heavy atom. The van der Waals surface area contributed by atoms with E-state index in [0.717, 1.165) is 42.0 Å². The molecule has 1 fully saturated rings. The topological polar surface area (TPSA) is 56.9 Å². The summed E-state index contributed by atoms with van der Waals surface area (Å²) in [6.07, 6.45) is 5.45. The summed E-state index contributed by atoms with van der Waals surface area (Å²) >= 11 is 0. The molecule has 1 aliphatic rings. The predicted molar refractivity (Wildman–Crippen MR) is 76.3 cm³/mol. The summed E-state index contributed by atoms with van der Waals surface area (Å²) in [5, 5.41) is 7.49. The lowest BCUT2D eigenvalue weighted by Gasteiger charge is -2.07. The van der Waals surface area contributed by atoms with Gasteiger partial charge in [0, 0.05) is 24.2 Å². The second kappa shape index (κ2) is 5.45. The van der Waals surface area contributed by atoms with Gasteiger partial charge in [-0.15, -0.1) is 0 Å². The van der Waals surface area contributed by atoms with Gasteiger partial charge < -0.3 is 15.6 Å². The maximum Gasteiger partial charge on any atom is 0.253 e. The molecule has 3 N–H and O–H groups in total. The number of nitrogens with one attached hydrogen (secondary N) is 3. The van der Waals surface area contributed by atoms with Crippen LogP contribution in [0.5, 0.6) is 0 Å². The maximum absolute atomic E-state index is 12.1. The Morgan fingerprint density at radius 1 is 1.26 bits per heavy atom. The minimum absolute atomic E-state index is 0.000489. The molecule has 1 saturated carbocycles. The van der Waals surface area contributed by atoms with E-state index in [-0.39, 0.29) is 5.91 Å². The largest absolute Gasteiger partial charge is 0.361 e. The molecule has 0 radical (unpaired) electrons. The highest BCUT2D eigenvalue weighted by Crippen LogP contribution is 2.18. The minimum atomic E-state index is -0.000489. The van der Waals surface area contributed by atoms with E-state index in [1.54, 1.807) is 0 Å². The molecule has 100 valence electrons. The van der Waals surface area contributed by atoms with Crippen molar-refractivity contribution < 1.29 is 4.79 Å². The monoisotopic (exact) mass is 257 g/mol. The first-order chi connectivity index (χ1) is 9.34. The summed E-state index contributed by atoms with van der Waals surface area (Å²) in [7, 11) is 0. The highest BCUT2D eigenvalue weighted by atomic mass is 16.1. The van der Waals surface area contributed by atoms with Gasteiger partial charge in [-0.2, -0.15) is 0 Å². The van der Waals surface area contributed by atoms with Crippen LogP contribution in [0.2, 0.25) is 0 Å². The number of benzene rings is 1. The number of amides is 1. The van der Waals surface area contributed by atoms with E-state index < -0.39 is 0 Å². The average Bonchev–Trinajstić information content (AvgIpc) is 3.12. The number of aromatic amines is 1. The molecule has 1 aromatic heterocycles. The van der Waals surface area contributed by atoms with Crippen LogP contribution in [0.4, 0.5) is 0 Å². The molecule has 0 unspecified atom stereocenters. The van der Waals surface area contributed by atoms with Crippen molar-refractivity contribution in [2.75, 3.05) is 13.1 Å². The molecule has 0 atom stereocenters. The van der Waals surface area contributed by atoms with Gasteiger partial charge in [0.1, 0.15) is 0 Å². The fourth-order valence-electron chi connectivity index (χ4n) is 2.25. The standard InChI is InChI=1S/C15H19N3O/c19-15(18-9-2-8-16-12-5-6-12)13-4-1-3-11-7-10-17-14(11)13/h1,3-4,7,10,12,16-17H,2,5-6,8-9H2,(H,18,19). The zero-order valence-corrected chi connectivity index (χ0v) is 10.9. The summed E-state index contributed by atoms with van der Waals surface area (Å²) in [4.78, 5) is 15.2. The Labute approximate surface area is 112 Å². The number of hydrogen-bond acceptors (Lipinski definition) is 2. The molecule has 2 aromatic rings. The van der Waals surface area contributed by atoms with Gasteiger partial charge in [0.05, 0.1) is 11.1 Å². The zero-order chi connectivity index (χ0) is 13.1. The van der Waals surface area contributed by atoms with Crippen LogP contribution in [0.25, 0.3) is 10.9 Å². The normalized spacial score (nSPS) is 14.7. The van der Waals surface area contributed by atoms with E-state index >= 15 is 0 Å². The van der Waals surface area contributed by atoms with Crippen LogP contribution in [0.3, 0.4) is 0 Å². The van der Waals surface area contributed by atoms with Crippen molar-refractivity contribution in [3.63, 3.8) is 0 Å². The smallest absolute Gasteiger partial charge is 0.253 e. The van der Waals surface area contributed by atoms with Crippen molar-refractivity contribution in [3.8, 4) is 0 Å². The molecule has 3 rings (SSSR count). The molecular formula is C15H19N3O. The Balaban J connectivity index is 1.52. The van der Waals surface area contributed by atoms with Crippen molar-refractivity contribution in [1.29, 1.82) is 0 Å². The van der Waals surface area contributed by atoms with Gasteiger partial charge in [-0.25, -0.2) is 0 Å². The number of H-pyrrole nitrogens is 1. The van der Waals surface area contributed by atoms with Crippen molar-refractivity contribution in [3.05, 3.63) is 36.0 Å². The summed E-state index contributed by atoms with van der Waals surface area (Å²) < 4.78 is 0. The highest BCUT2D eigenvalue weighted by molar-refractivity contribution is 6.05. The van der Waals surface area contributed by atoms with Crippen LogP contribution in [0.1, 0.15) is 29.6 Å². The van der Waals surface area contributed by atoms with Crippen LogP contribution < -0.4 is 10.6 Å². The van der Waals surface area contributed by atoms with Crippen LogP contribution in [0.15, 0.2) is 30.5 Å². The van der Waals surface area contributed by atoms with Gasteiger partial charge in [0.15, 0.2) is 0 Å². The van der Waals surface area contributed by atoms with E-state index in [9.17, 15) is 4.79 Å². The lowest BCUT2D eigenvalue weighted by Crippen LogP contribution is -2.28. The van der Waals surface area contributed by atoms with Crippen LogP contribution in [-0.2, 0) is 0 Å². The Kier molecular flexibility index (Phi) is 3.51. The summed E-state index contributed by atoms with van der Waals surface area (Å²) in [6.45, 7) is 1.70. The average molecular weight is 257 g/mol. The number of fused-ring (bicyclic) bond motifs is 1. The zero-order valence-electron chi connectivity index (χ0n) is 10.9. The van der Waals surface area contributed by atoms with Crippen LogP contribution >= 0.6 is 0 Å². The fraction of sp³-hybridized carbons (Fsp3) is 0.400. The first-order valence-corrected chi connectivity index (χ1v) is 6.92. The molecule has 1 heterocycles. The SMILES string of the molecule is O=C(NCCCNC1CC1)c1cccc2cc[nH]c12. The summed E-state index contributed by atoms with van der Waals surface area (Å²) in [5.74, 6) is -0.000489. The van der Waals surface area contributed by atoms with Gasteiger partial charge in [-0.3, -0.25) is 4.79 Å². The first-order valence-electron chi connectivity index (χ1n) is 6.92. The Morgan fingerprint density at radius 2 is 2.16 bits per heavy atom. The van der Waals surface area contributed by atoms with E-state index in [1.807, 2.05) is 30.5 Å². The highest BCUT2D eigenvalue weighted by Gasteiger charge is 2.19. The second-order valence-corrected chi connectivity index (χ2v) is 5.09. The number of carbonyl (C=O) groups excluding carboxylic acids is 1. The second-order valence-electron chi connectivity index (χ2n) is 5.09. The van der Waals surface area contributed by atoms with Gasteiger partial charge in [-0.1, -0.05) is 12.1 Å². The van der Waals surface area contributed by atoms with Crippen molar-refractivity contribution in [2.24, 2.45) is 0 Å². The quantitative estimate of drug-likeness (QED) is 0.694. The van der Waals surface area contributed by atoms with Gasteiger partial charge in [0.25, 0.3) is 5.91 Å². The molecule has 19 heavy (non-hydrogen) atoms. The minimum Gasteiger partial charge on any atom is -0.361 e. The molecule has 4 heteroatoms. The molecule has 0 bridgehead atoms. The lowest BCUT2D eigenvalue weighted by atomic mass is 10.1. The van der Waals surface area contributed by atoms with Gasteiger partial charge in [0.2, 0.25) is 0 Å².